The Morgan fingerprint density at radius 3 is 2.05 bits per heavy atom. The van der Waals surface area contributed by atoms with Gasteiger partial charge in [-0.15, -0.1) is 0 Å². The van der Waals surface area contributed by atoms with E-state index in [0.717, 1.165) is 66.2 Å². The fraction of sp³-hybridized carbons (Fsp3) is 0.500. The average molecular weight is 507 g/mol. The molecule has 200 valence electrons. The van der Waals surface area contributed by atoms with Crippen LogP contribution in [0.2, 0.25) is 0 Å². The molecule has 1 heterocycles. The van der Waals surface area contributed by atoms with Crippen LogP contribution in [0, 0.1) is 0 Å². The van der Waals surface area contributed by atoms with Gasteiger partial charge in [0.15, 0.2) is 11.5 Å². The van der Waals surface area contributed by atoms with Crippen LogP contribution in [0.4, 0.5) is 0 Å². The molecule has 0 fully saturated rings. The van der Waals surface area contributed by atoms with Gasteiger partial charge in [0, 0.05) is 22.9 Å². The third-order valence-corrected chi connectivity index (χ3v) is 7.07. The van der Waals surface area contributed by atoms with Crippen LogP contribution in [0.5, 0.6) is 23.0 Å². The molecule has 0 aliphatic carbocycles. The second-order valence-corrected chi connectivity index (χ2v) is 10.2. The van der Waals surface area contributed by atoms with Crippen molar-refractivity contribution in [1.29, 1.82) is 0 Å². The summed E-state index contributed by atoms with van der Waals surface area (Å²) in [5.41, 5.74) is 0.963. The summed E-state index contributed by atoms with van der Waals surface area (Å²) in [4.78, 5) is 0. The number of aliphatic hydroxyl groups is 1. The molecule has 0 aromatic heterocycles. The Balaban J connectivity index is 1.77. The molecule has 3 aromatic rings. The molecule has 37 heavy (non-hydrogen) atoms. The van der Waals surface area contributed by atoms with Gasteiger partial charge in [-0.05, 0) is 43.7 Å². The molecular formula is C32H42O5. The molecular weight excluding hydrogens is 464 g/mol. The zero-order chi connectivity index (χ0) is 26.3. The summed E-state index contributed by atoms with van der Waals surface area (Å²) in [7, 11) is 0. The van der Waals surface area contributed by atoms with Crippen LogP contribution >= 0.6 is 0 Å². The fourth-order valence-electron chi connectivity index (χ4n) is 4.77. The first-order chi connectivity index (χ1) is 18.0. The van der Waals surface area contributed by atoms with Crippen LogP contribution in [-0.2, 0) is 5.60 Å². The molecule has 2 unspecified atom stereocenters. The van der Waals surface area contributed by atoms with Crippen molar-refractivity contribution < 1.29 is 24.1 Å². The van der Waals surface area contributed by atoms with E-state index in [1.165, 1.54) is 0 Å². The maximum absolute atomic E-state index is 11.2. The van der Waals surface area contributed by atoms with E-state index in [1.807, 2.05) is 43.3 Å². The van der Waals surface area contributed by atoms with Crippen LogP contribution < -0.4 is 18.9 Å². The molecule has 0 saturated carbocycles. The minimum absolute atomic E-state index is 0.428. The van der Waals surface area contributed by atoms with Crippen molar-refractivity contribution in [2.45, 2.75) is 84.3 Å². The maximum atomic E-state index is 11.2. The molecule has 1 aliphatic heterocycles. The third-order valence-electron chi connectivity index (χ3n) is 7.07. The monoisotopic (exact) mass is 506 g/mol. The number of unbranched alkanes of at least 4 members (excludes halogenated alkanes) is 3. The highest BCUT2D eigenvalue weighted by atomic mass is 16.5. The van der Waals surface area contributed by atoms with Crippen molar-refractivity contribution in [1.82, 2.24) is 0 Å². The predicted molar refractivity (Wildman–Crippen MR) is 149 cm³/mol. The summed E-state index contributed by atoms with van der Waals surface area (Å²) in [6, 6.07) is 16.2. The first-order valence-corrected chi connectivity index (χ1v) is 14.0. The van der Waals surface area contributed by atoms with Gasteiger partial charge in [0.2, 0.25) is 5.75 Å². The molecule has 0 saturated heterocycles. The van der Waals surface area contributed by atoms with E-state index in [4.69, 9.17) is 18.9 Å². The van der Waals surface area contributed by atoms with Crippen molar-refractivity contribution >= 4 is 10.8 Å². The Kier molecular flexibility index (Phi) is 9.20. The summed E-state index contributed by atoms with van der Waals surface area (Å²) >= 11 is 0. The molecule has 5 nitrogen and oxygen atoms in total. The topological polar surface area (TPSA) is 57.2 Å². The largest absolute Gasteiger partial charge is 0.490 e. The highest BCUT2D eigenvalue weighted by Crippen LogP contribution is 2.50. The minimum atomic E-state index is -0.774. The number of hydrogen-bond donors (Lipinski definition) is 1. The van der Waals surface area contributed by atoms with Crippen LogP contribution in [0.25, 0.3) is 10.8 Å². The minimum Gasteiger partial charge on any atom is -0.490 e. The van der Waals surface area contributed by atoms with E-state index < -0.39 is 11.7 Å². The number of fused-ring (bicyclic) bond motifs is 3. The lowest BCUT2D eigenvalue weighted by Crippen LogP contribution is -2.35. The molecule has 1 N–H and O–H groups in total. The van der Waals surface area contributed by atoms with E-state index in [0.29, 0.717) is 43.5 Å². The number of benzene rings is 3. The van der Waals surface area contributed by atoms with Gasteiger partial charge in [-0.3, -0.25) is 0 Å². The highest BCUT2D eigenvalue weighted by Gasteiger charge is 2.40. The lowest BCUT2D eigenvalue weighted by Gasteiger charge is -2.39. The maximum Gasteiger partial charge on any atom is 0.203 e. The lowest BCUT2D eigenvalue weighted by atomic mass is 9.83. The van der Waals surface area contributed by atoms with E-state index in [1.54, 1.807) is 0 Å². The number of ether oxygens (including phenoxy) is 4. The Labute approximate surface area is 221 Å². The summed E-state index contributed by atoms with van der Waals surface area (Å²) < 4.78 is 25.6. The smallest absolute Gasteiger partial charge is 0.203 e. The van der Waals surface area contributed by atoms with E-state index >= 15 is 0 Å². The summed E-state index contributed by atoms with van der Waals surface area (Å²) in [6.07, 6.45) is 5.79. The Bertz CT molecular complexity index is 1140. The standard InChI is InChI=1S/C32H42O5/c1-5-8-17-34-28-20-24(21-29(35-18-9-6-2)31(28)36-19-10-7-3)32(4)22-27(33)26-16-15-23-13-11-12-14-25(23)30(26)37-32/h11-16,20-21,27,33H,5-10,17-19,22H2,1-4H3. The van der Waals surface area contributed by atoms with Gasteiger partial charge in [0.05, 0.1) is 25.9 Å². The summed E-state index contributed by atoms with van der Waals surface area (Å²) in [5.74, 6) is 2.76. The quantitative estimate of drug-likeness (QED) is 0.237. The average Bonchev–Trinajstić information content (AvgIpc) is 2.90. The zero-order valence-electron chi connectivity index (χ0n) is 22.8. The summed E-state index contributed by atoms with van der Waals surface area (Å²) in [5, 5.41) is 13.3. The Morgan fingerprint density at radius 1 is 0.838 bits per heavy atom. The molecule has 4 rings (SSSR count). The molecule has 1 aliphatic rings. The van der Waals surface area contributed by atoms with Gasteiger partial charge in [-0.1, -0.05) is 76.4 Å². The molecule has 5 heteroatoms. The van der Waals surface area contributed by atoms with Crippen molar-refractivity contribution in [2.75, 3.05) is 19.8 Å². The van der Waals surface area contributed by atoms with E-state index in [2.05, 4.69) is 32.9 Å². The Morgan fingerprint density at radius 2 is 1.43 bits per heavy atom. The molecule has 3 aromatic carbocycles. The lowest BCUT2D eigenvalue weighted by molar-refractivity contribution is -0.00373. The van der Waals surface area contributed by atoms with Crippen molar-refractivity contribution in [3.8, 4) is 23.0 Å². The first kappa shape index (κ1) is 27.1. The van der Waals surface area contributed by atoms with Crippen molar-refractivity contribution in [3.05, 3.63) is 59.7 Å². The molecule has 0 amide bonds. The second-order valence-electron chi connectivity index (χ2n) is 10.2. The summed E-state index contributed by atoms with van der Waals surface area (Å²) in [6.45, 7) is 10.3. The number of rotatable bonds is 13. The highest BCUT2D eigenvalue weighted by molar-refractivity contribution is 5.90. The van der Waals surface area contributed by atoms with Gasteiger partial charge in [0.1, 0.15) is 11.4 Å². The second kappa shape index (κ2) is 12.6. The van der Waals surface area contributed by atoms with Gasteiger partial charge < -0.3 is 24.1 Å². The van der Waals surface area contributed by atoms with Crippen LogP contribution in [0.3, 0.4) is 0 Å². The normalized spacial score (nSPS) is 18.8. The SMILES string of the molecule is CCCCOc1cc(C2(C)CC(O)c3ccc4ccccc4c3O2)cc(OCCCC)c1OCCCC. The van der Waals surface area contributed by atoms with Gasteiger partial charge >= 0.3 is 0 Å². The van der Waals surface area contributed by atoms with Gasteiger partial charge in [0.25, 0.3) is 0 Å². The third kappa shape index (κ3) is 6.15. The molecule has 0 spiro atoms. The molecule has 0 bridgehead atoms. The molecule has 2 atom stereocenters. The van der Waals surface area contributed by atoms with Crippen molar-refractivity contribution in [2.24, 2.45) is 0 Å². The first-order valence-electron chi connectivity index (χ1n) is 14.0. The number of aliphatic hydroxyl groups excluding tert-OH is 1. The van der Waals surface area contributed by atoms with Crippen molar-refractivity contribution in [3.63, 3.8) is 0 Å². The molecule has 0 radical (unpaired) electrons. The van der Waals surface area contributed by atoms with E-state index in [9.17, 15) is 5.11 Å². The van der Waals surface area contributed by atoms with E-state index in [-0.39, 0.29) is 0 Å². The van der Waals surface area contributed by atoms with Crippen LogP contribution in [-0.4, -0.2) is 24.9 Å². The number of hydrogen-bond acceptors (Lipinski definition) is 5. The predicted octanol–water partition coefficient (Wildman–Crippen LogP) is 8.11. The van der Waals surface area contributed by atoms with Gasteiger partial charge in [-0.25, -0.2) is 0 Å². The van der Waals surface area contributed by atoms with Gasteiger partial charge in [-0.2, -0.15) is 0 Å². The zero-order valence-corrected chi connectivity index (χ0v) is 22.8. The van der Waals surface area contributed by atoms with Crippen LogP contribution in [0.1, 0.15) is 89.9 Å². The Hall–Kier alpha value is -2.92. The van der Waals surface area contributed by atoms with Crippen LogP contribution in [0.15, 0.2) is 48.5 Å². The fourth-order valence-corrected chi connectivity index (χ4v) is 4.77.